The molecule has 11 heteroatoms. The summed E-state index contributed by atoms with van der Waals surface area (Å²) in [5.74, 6) is 4.12. The monoisotopic (exact) mass is 1540 g/mol. The van der Waals surface area contributed by atoms with Gasteiger partial charge in [0.2, 0.25) is 44.8 Å². The molecule has 16 aromatic rings. The highest BCUT2D eigenvalue weighted by molar-refractivity contribution is 5.97. The van der Waals surface area contributed by atoms with Gasteiger partial charge in [-0.25, -0.2) is 29.9 Å². The maximum absolute atomic E-state index is 4.86. The van der Waals surface area contributed by atoms with Crippen molar-refractivity contribution in [3.05, 3.63) is 315 Å². The van der Waals surface area contributed by atoms with Crippen LogP contribution in [0.5, 0.6) is 0 Å². The summed E-state index contributed by atoms with van der Waals surface area (Å²) in [6.07, 6.45) is 19.9. The molecule has 17 rings (SSSR count). The van der Waals surface area contributed by atoms with Crippen molar-refractivity contribution < 1.29 is 18.3 Å². The third-order valence-corrected chi connectivity index (χ3v) is 24.3. The lowest BCUT2D eigenvalue weighted by Gasteiger charge is -2.12. The Morgan fingerprint density at radius 1 is 0.308 bits per heavy atom. The van der Waals surface area contributed by atoms with Crippen LogP contribution < -0.4 is 18.3 Å². The summed E-state index contributed by atoms with van der Waals surface area (Å²) >= 11 is 0. The molecule has 0 radical (unpaired) electrons. The predicted octanol–water partition coefficient (Wildman–Crippen LogP) is 23.7. The molecule has 8 aromatic heterocycles. The lowest BCUT2D eigenvalue weighted by Crippen LogP contribution is -2.32. The molecule has 0 aliphatic heterocycles. The van der Waals surface area contributed by atoms with Crippen LogP contribution in [0.2, 0.25) is 0 Å². The van der Waals surface area contributed by atoms with E-state index in [9.17, 15) is 0 Å². The number of hydrogen-bond acceptors (Lipinski definition) is 7. The Labute approximate surface area is 693 Å². The second kappa shape index (κ2) is 34.7. The van der Waals surface area contributed by atoms with Gasteiger partial charge in [0.15, 0.2) is 0 Å². The van der Waals surface area contributed by atoms with Gasteiger partial charge >= 0.3 is 0 Å². The minimum Gasteiger partial charge on any atom is -0.260 e. The zero-order valence-electron chi connectivity index (χ0n) is 72.5. The highest BCUT2D eigenvalue weighted by atomic mass is 15.0. The van der Waals surface area contributed by atoms with Crippen LogP contribution in [0.25, 0.3) is 133 Å². The highest BCUT2D eigenvalue weighted by Crippen LogP contribution is 2.39. The fourth-order valence-corrected chi connectivity index (χ4v) is 17.3. The van der Waals surface area contributed by atoms with Crippen LogP contribution in [-0.2, 0) is 34.6 Å². The Kier molecular flexibility index (Phi) is 24.1. The van der Waals surface area contributed by atoms with Gasteiger partial charge < -0.3 is 0 Å². The van der Waals surface area contributed by atoms with Crippen molar-refractivity contribution in [2.75, 3.05) is 0 Å². The maximum Gasteiger partial charge on any atom is 0.213 e. The van der Waals surface area contributed by atoms with Crippen LogP contribution in [0.3, 0.4) is 0 Å². The SMILES string of the molecule is Cc1cc(C)c(C)c(-c2ccc3c(-c4ccc(C5CCCC5)nc4)cccc3[n+]2C)c1.Cc1cc(C)c(C)c(-c2ccc3c(-c4cnc(C(C)C)nc4)cccc3[n+]2C)c1.Cc1cc(C)c(C)c(-c2ccc3c(-c4cnc(C)nc4)cccc3[n+]2C)c1.Cc1cc(C)c(C)c(-c2ccc3c(-c4cnc(CC(C)C)nc4)cccc3[n+]2C)c1. The second-order valence-corrected chi connectivity index (χ2v) is 33.5. The number of benzene rings is 8. The number of fused-ring (bicyclic) bond motifs is 4. The molecule has 117 heavy (non-hydrogen) atoms. The van der Waals surface area contributed by atoms with Crippen LogP contribution in [-0.4, -0.2) is 34.9 Å². The standard InChI is InChI=1S/C29H31N2.C27H30N3.C26H28N3.C24H24N3/c1-19-16-20(2)21(3)26(17-19)29-15-13-25-24(10-7-11-28(25)31(29)4)23-12-14-27(30-18-23)22-8-5-6-9-22;1-17(2)12-27-28-15-21(16-29-27)22-8-7-9-25-23(22)10-11-26(30(25)6)24-14-18(3)13-19(4)20(24)5;1-16(2)26-27-14-20(15-28-26)21-8-7-9-24-22(21)10-11-25(29(24)6)23-13-17(3)12-18(4)19(23)5;1-15-11-16(2)17(3)22(12-15)24-10-9-21-20(7-6-8-23(21)27(24)5)19-13-25-18(4)26-14-19/h7,10-18,22H,5-6,8-9H2,1-4H3;7-11,13-17H,12H2,1-6H3;7-16H,1-6H3;6-14H,1-5H3/q4*+1. The molecule has 1 aliphatic rings. The molecule has 11 nitrogen and oxygen atoms in total. The van der Waals surface area contributed by atoms with E-state index < -0.39 is 0 Å². The summed E-state index contributed by atoms with van der Waals surface area (Å²) in [4.78, 5) is 31.9. The van der Waals surface area contributed by atoms with Gasteiger partial charge in [-0.2, -0.15) is 18.3 Å². The third kappa shape index (κ3) is 17.1. The number of pyridine rings is 5. The molecule has 0 amide bonds. The second-order valence-electron chi connectivity index (χ2n) is 33.5. The molecule has 8 heterocycles. The van der Waals surface area contributed by atoms with E-state index in [4.69, 9.17) is 4.98 Å². The van der Waals surface area contributed by atoms with Crippen molar-refractivity contribution in [1.29, 1.82) is 0 Å². The molecule has 588 valence electrons. The third-order valence-electron chi connectivity index (χ3n) is 24.3. The predicted molar refractivity (Wildman–Crippen MR) is 484 cm³/mol. The molecule has 0 N–H and O–H groups in total. The zero-order chi connectivity index (χ0) is 82.8. The van der Waals surface area contributed by atoms with E-state index in [2.05, 4.69) is 375 Å². The molecule has 0 spiro atoms. The average Bonchev–Trinajstić information content (AvgIpc) is 1.18. The summed E-state index contributed by atoms with van der Waals surface area (Å²) in [6, 6.07) is 66.6. The molecule has 8 aromatic carbocycles. The van der Waals surface area contributed by atoms with Crippen LogP contribution in [0, 0.1) is 95.9 Å². The fraction of sp³-hybridized carbons (Fsp3) is 0.274. The van der Waals surface area contributed by atoms with Gasteiger partial charge in [0.05, 0.1) is 21.5 Å². The van der Waals surface area contributed by atoms with Gasteiger partial charge in [-0.1, -0.05) is 142 Å². The van der Waals surface area contributed by atoms with Crippen molar-refractivity contribution >= 4 is 43.6 Å². The number of aryl methyl sites for hydroxylation is 13. The van der Waals surface area contributed by atoms with Crippen molar-refractivity contribution in [1.82, 2.24) is 34.9 Å². The Morgan fingerprint density at radius 2 is 0.607 bits per heavy atom. The van der Waals surface area contributed by atoms with Gasteiger partial charge in [0.25, 0.3) is 0 Å². The first-order chi connectivity index (χ1) is 56.2. The van der Waals surface area contributed by atoms with E-state index in [0.717, 1.165) is 51.7 Å². The molecule has 0 atom stereocenters. The summed E-state index contributed by atoms with van der Waals surface area (Å²) in [5, 5.41) is 4.90. The summed E-state index contributed by atoms with van der Waals surface area (Å²) in [6.45, 7) is 36.8. The largest absolute Gasteiger partial charge is 0.260 e. The van der Waals surface area contributed by atoms with Gasteiger partial charge in [0.1, 0.15) is 45.7 Å². The molecule has 1 fully saturated rings. The Hall–Kier alpha value is -12.2. The van der Waals surface area contributed by atoms with E-state index in [1.54, 1.807) is 0 Å². The van der Waals surface area contributed by atoms with E-state index in [1.807, 2.05) is 44.1 Å². The normalized spacial score (nSPS) is 12.2. The maximum atomic E-state index is 4.86. The first-order valence-corrected chi connectivity index (χ1v) is 41.6. The van der Waals surface area contributed by atoms with E-state index in [0.29, 0.717) is 17.8 Å². The summed E-state index contributed by atoms with van der Waals surface area (Å²) in [7, 11) is 8.63. The number of rotatable bonds is 12. The van der Waals surface area contributed by atoms with Gasteiger partial charge in [0, 0.05) is 160 Å². The lowest BCUT2D eigenvalue weighted by atomic mass is 9.95. The molecule has 0 saturated heterocycles. The lowest BCUT2D eigenvalue weighted by molar-refractivity contribution is -0.633. The van der Waals surface area contributed by atoms with Gasteiger partial charge in [-0.15, -0.1) is 0 Å². The minimum absolute atomic E-state index is 0.331. The molecule has 1 saturated carbocycles. The number of aromatic nitrogens is 11. The van der Waals surface area contributed by atoms with E-state index in [-0.39, 0.29) is 0 Å². The van der Waals surface area contributed by atoms with Gasteiger partial charge in [-0.3, -0.25) is 4.98 Å². The first kappa shape index (κ1) is 81.4. The molecule has 0 unspecified atom stereocenters. The highest BCUT2D eigenvalue weighted by Gasteiger charge is 2.26. The summed E-state index contributed by atoms with van der Waals surface area (Å²) < 4.78 is 9.22. The molecular formula is C106H113N11+4. The van der Waals surface area contributed by atoms with Crippen molar-refractivity contribution in [3.8, 4) is 89.5 Å². The Morgan fingerprint density at radius 3 is 0.906 bits per heavy atom. The van der Waals surface area contributed by atoms with Crippen molar-refractivity contribution in [3.63, 3.8) is 0 Å². The minimum atomic E-state index is 0.331. The van der Waals surface area contributed by atoms with Crippen LogP contribution in [0.1, 0.15) is 155 Å². The average molecular weight is 1540 g/mol. The van der Waals surface area contributed by atoms with Crippen molar-refractivity contribution in [2.24, 2.45) is 34.1 Å². The molecule has 0 bridgehead atoms. The number of nitrogens with zero attached hydrogens (tertiary/aromatic N) is 11. The van der Waals surface area contributed by atoms with Crippen molar-refractivity contribution in [2.45, 2.75) is 162 Å². The van der Waals surface area contributed by atoms with E-state index in [1.165, 1.54) is 203 Å². The van der Waals surface area contributed by atoms with Crippen LogP contribution in [0.15, 0.2) is 225 Å². The van der Waals surface area contributed by atoms with Crippen LogP contribution >= 0.6 is 0 Å². The number of hydrogen-bond donors (Lipinski definition) is 0. The zero-order valence-corrected chi connectivity index (χ0v) is 72.5. The topological polar surface area (TPSA) is 106 Å². The van der Waals surface area contributed by atoms with Gasteiger partial charge in [-0.05, 0) is 230 Å². The van der Waals surface area contributed by atoms with Crippen LogP contribution in [0.4, 0.5) is 0 Å². The smallest absolute Gasteiger partial charge is 0.213 e. The quantitative estimate of drug-likeness (QED) is 0.112. The first-order valence-electron chi connectivity index (χ1n) is 41.6. The Bertz CT molecular complexity index is 6410. The van der Waals surface area contributed by atoms with E-state index >= 15 is 0 Å². The Balaban J connectivity index is 0.000000129. The molecule has 1 aliphatic carbocycles. The molecular weight excluding hydrogens is 1430 g/mol. The summed E-state index contributed by atoms with van der Waals surface area (Å²) in [5.41, 5.74) is 41.2. The fourth-order valence-electron chi connectivity index (χ4n) is 17.3.